The van der Waals surface area contributed by atoms with Gasteiger partial charge in [0, 0.05) is 31.0 Å². The van der Waals surface area contributed by atoms with Crippen LogP contribution in [0.25, 0.3) is 0 Å². The summed E-state index contributed by atoms with van der Waals surface area (Å²) >= 11 is 0. The number of carboxylic acid groups (broad SMARTS) is 1. The third-order valence-electron chi connectivity index (χ3n) is 6.82. The van der Waals surface area contributed by atoms with Crippen molar-refractivity contribution in [3.8, 4) is 0 Å². The average Bonchev–Trinajstić information content (AvgIpc) is 3.02. The van der Waals surface area contributed by atoms with E-state index in [1.54, 1.807) is 4.90 Å². The van der Waals surface area contributed by atoms with E-state index < -0.39 is 30.2 Å². The van der Waals surface area contributed by atoms with Crippen LogP contribution in [-0.2, 0) is 30.2 Å². The van der Waals surface area contributed by atoms with Crippen LogP contribution in [0.3, 0.4) is 0 Å². The Bertz CT molecular complexity index is 1070. The topological polar surface area (TPSA) is 73.7 Å². The van der Waals surface area contributed by atoms with Gasteiger partial charge in [-0.2, -0.15) is 13.2 Å². The predicted molar refractivity (Wildman–Crippen MR) is 124 cm³/mol. The van der Waals surface area contributed by atoms with Crippen molar-refractivity contribution in [1.29, 1.82) is 0 Å². The maximum Gasteiger partial charge on any atom is 0.416 e. The third-order valence-corrected chi connectivity index (χ3v) is 6.82. The number of amides is 2. The van der Waals surface area contributed by atoms with Gasteiger partial charge in [-0.25, -0.2) is 4.79 Å². The van der Waals surface area contributed by atoms with Gasteiger partial charge in [0.25, 0.3) is 0 Å². The van der Waals surface area contributed by atoms with E-state index in [0.29, 0.717) is 19.5 Å². The highest BCUT2D eigenvalue weighted by Crippen LogP contribution is 2.34. The quantitative estimate of drug-likeness (QED) is 0.514. The monoisotopic (exact) mass is 489 g/mol. The van der Waals surface area contributed by atoms with E-state index in [4.69, 9.17) is 4.98 Å². The molecule has 2 aromatic rings. The summed E-state index contributed by atoms with van der Waals surface area (Å²) in [5.74, 6) is -1.17. The number of benzene rings is 1. The summed E-state index contributed by atoms with van der Waals surface area (Å²) in [7, 11) is 0. The Hall–Kier alpha value is -3.10. The molecule has 6 nitrogen and oxygen atoms in total. The maximum atomic E-state index is 13.2. The molecule has 0 saturated carbocycles. The number of fused-ring (bicyclic) bond motifs is 1. The molecule has 0 unspecified atom stereocenters. The number of alkyl halides is 3. The fourth-order valence-electron chi connectivity index (χ4n) is 4.99. The molecule has 0 bridgehead atoms. The Balaban J connectivity index is 1.40. The number of rotatable bonds is 8. The minimum absolute atomic E-state index is 0.173. The second kappa shape index (κ2) is 10.7. The first-order chi connectivity index (χ1) is 16.7. The van der Waals surface area contributed by atoms with Crippen LogP contribution in [0.2, 0.25) is 0 Å². The zero-order chi connectivity index (χ0) is 25.0. The number of aryl methyl sites for hydroxylation is 3. The SMILES string of the molecule is O=C(O)C[C@@H](c1cccc(C(F)(F)F)c1)N1CCN(CCCc2ccc3c(n2)CCCCC3)C1=O. The molecule has 4 rings (SSSR count). The summed E-state index contributed by atoms with van der Waals surface area (Å²) in [6.07, 6.45) is 2.09. The summed E-state index contributed by atoms with van der Waals surface area (Å²) in [5.41, 5.74) is 2.83. The Kier molecular flexibility index (Phi) is 7.62. The summed E-state index contributed by atoms with van der Waals surface area (Å²) in [6, 6.07) is 7.49. The number of carboxylic acids is 1. The van der Waals surface area contributed by atoms with Gasteiger partial charge in [-0.05, 0) is 67.9 Å². The summed E-state index contributed by atoms with van der Waals surface area (Å²) in [4.78, 5) is 32.4. The average molecular weight is 490 g/mol. The Morgan fingerprint density at radius 3 is 2.66 bits per heavy atom. The molecule has 0 radical (unpaired) electrons. The third kappa shape index (κ3) is 6.13. The molecule has 1 aromatic heterocycles. The van der Waals surface area contributed by atoms with Gasteiger partial charge >= 0.3 is 18.2 Å². The molecule has 2 amide bonds. The normalized spacial score (nSPS) is 17.3. The van der Waals surface area contributed by atoms with E-state index in [9.17, 15) is 27.9 Å². The summed E-state index contributed by atoms with van der Waals surface area (Å²) in [5, 5.41) is 9.38. The van der Waals surface area contributed by atoms with Gasteiger partial charge in [0.2, 0.25) is 0 Å². The Labute approximate surface area is 202 Å². The molecule has 1 N–H and O–H groups in total. The molecular weight excluding hydrogens is 459 g/mol. The second-order valence-electron chi connectivity index (χ2n) is 9.27. The minimum atomic E-state index is -4.55. The van der Waals surface area contributed by atoms with E-state index in [0.717, 1.165) is 43.5 Å². The number of halogens is 3. The summed E-state index contributed by atoms with van der Waals surface area (Å²) < 4.78 is 39.6. The number of carbonyl (C=O) groups is 2. The number of pyridine rings is 1. The number of nitrogens with zero attached hydrogens (tertiary/aromatic N) is 3. The first-order valence-electron chi connectivity index (χ1n) is 12.1. The van der Waals surface area contributed by atoms with Crippen LogP contribution in [0.1, 0.15) is 66.2 Å². The number of urea groups is 1. The fourth-order valence-corrected chi connectivity index (χ4v) is 4.99. The van der Waals surface area contributed by atoms with Crippen molar-refractivity contribution in [2.45, 2.75) is 63.6 Å². The van der Waals surface area contributed by atoms with Crippen molar-refractivity contribution in [3.63, 3.8) is 0 Å². The van der Waals surface area contributed by atoms with Crippen LogP contribution >= 0.6 is 0 Å². The van der Waals surface area contributed by atoms with E-state index in [1.807, 2.05) is 0 Å². The van der Waals surface area contributed by atoms with Gasteiger partial charge < -0.3 is 14.9 Å². The highest BCUT2D eigenvalue weighted by molar-refractivity contribution is 5.78. The second-order valence-corrected chi connectivity index (χ2v) is 9.27. The number of aliphatic carboxylic acids is 1. The van der Waals surface area contributed by atoms with Crippen molar-refractivity contribution >= 4 is 12.0 Å². The van der Waals surface area contributed by atoms with Crippen LogP contribution in [-0.4, -0.2) is 51.5 Å². The van der Waals surface area contributed by atoms with Crippen LogP contribution < -0.4 is 0 Å². The van der Waals surface area contributed by atoms with Crippen LogP contribution in [0, 0.1) is 0 Å². The lowest BCUT2D eigenvalue weighted by atomic mass is 10.00. The molecule has 1 aliphatic heterocycles. The van der Waals surface area contributed by atoms with Gasteiger partial charge in [0.1, 0.15) is 0 Å². The van der Waals surface area contributed by atoms with Crippen molar-refractivity contribution < 1.29 is 27.9 Å². The first kappa shape index (κ1) is 25.0. The summed E-state index contributed by atoms with van der Waals surface area (Å²) in [6.45, 7) is 1.16. The largest absolute Gasteiger partial charge is 0.481 e. The Morgan fingerprint density at radius 2 is 1.89 bits per heavy atom. The molecular formula is C26H30F3N3O3. The van der Waals surface area contributed by atoms with E-state index in [1.165, 1.54) is 41.1 Å². The standard InChI is InChI=1S/C26H30F3N3O3/c27-26(28,29)20-8-4-7-19(16-20)23(17-24(33)34)32-15-14-31(25(32)35)13-5-9-21-12-11-18-6-2-1-3-10-22(18)30-21/h4,7-8,11-12,16,23H,1-3,5-6,9-10,13-15,17H2,(H,33,34)/t23-/m0/s1. The zero-order valence-electron chi connectivity index (χ0n) is 19.6. The smallest absolute Gasteiger partial charge is 0.416 e. The fraction of sp³-hybridized carbons (Fsp3) is 0.500. The number of hydrogen-bond acceptors (Lipinski definition) is 3. The number of hydrogen-bond donors (Lipinski definition) is 1. The van der Waals surface area contributed by atoms with Crippen molar-refractivity contribution in [2.75, 3.05) is 19.6 Å². The van der Waals surface area contributed by atoms with Gasteiger partial charge in [0.05, 0.1) is 18.0 Å². The Morgan fingerprint density at radius 1 is 1.09 bits per heavy atom. The molecule has 1 saturated heterocycles. The molecule has 1 atom stereocenters. The van der Waals surface area contributed by atoms with Crippen molar-refractivity contribution in [3.05, 3.63) is 64.5 Å². The molecule has 0 spiro atoms. The highest BCUT2D eigenvalue weighted by atomic mass is 19.4. The van der Waals surface area contributed by atoms with Crippen molar-refractivity contribution in [2.24, 2.45) is 0 Å². The predicted octanol–water partition coefficient (Wildman–Crippen LogP) is 5.26. The first-order valence-corrected chi connectivity index (χ1v) is 12.1. The molecule has 35 heavy (non-hydrogen) atoms. The van der Waals surface area contributed by atoms with Crippen LogP contribution in [0.5, 0.6) is 0 Å². The molecule has 9 heteroatoms. The van der Waals surface area contributed by atoms with E-state index >= 15 is 0 Å². The van der Waals surface area contributed by atoms with Gasteiger partial charge in [-0.15, -0.1) is 0 Å². The van der Waals surface area contributed by atoms with Crippen molar-refractivity contribution in [1.82, 2.24) is 14.8 Å². The lowest BCUT2D eigenvalue weighted by molar-refractivity contribution is -0.138. The molecule has 2 aliphatic rings. The lowest BCUT2D eigenvalue weighted by Gasteiger charge is -2.28. The molecule has 1 aliphatic carbocycles. The van der Waals surface area contributed by atoms with Gasteiger partial charge in [0.15, 0.2) is 0 Å². The van der Waals surface area contributed by atoms with Crippen LogP contribution in [0.4, 0.5) is 18.0 Å². The molecule has 1 fully saturated rings. The molecule has 1 aromatic carbocycles. The lowest BCUT2D eigenvalue weighted by Crippen LogP contribution is -2.36. The molecule has 188 valence electrons. The molecule has 2 heterocycles. The minimum Gasteiger partial charge on any atom is -0.481 e. The van der Waals surface area contributed by atoms with Gasteiger partial charge in [-0.3, -0.25) is 9.78 Å². The number of aromatic nitrogens is 1. The van der Waals surface area contributed by atoms with Gasteiger partial charge in [-0.1, -0.05) is 24.6 Å². The zero-order valence-corrected chi connectivity index (χ0v) is 19.6. The van der Waals surface area contributed by atoms with E-state index in [2.05, 4.69) is 12.1 Å². The maximum absolute atomic E-state index is 13.2. The van der Waals surface area contributed by atoms with E-state index in [-0.39, 0.29) is 18.1 Å². The van der Waals surface area contributed by atoms with Crippen LogP contribution in [0.15, 0.2) is 36.4 Å². The highest BCUT2D eigenvalue weighted by Gasteiger charge is 2.37. The number of carbonyl (C=O) groups excluding carboxylic acids is 1.